The number of piperidine rings is 1. The lowest BCUT2D eigenvalue weighted by Gasteiger charge is -2.38. The molecule has 2 aromatic heterocycles. The minimum Gasteiger partial charge on any atom is -0.338 e. The molecule has 0 N–H and O–H groups in total. The van der Waals surface area contributed by atoms with E-state index in [2.05, 4.69) is 47.4 Å². The SMILES string of the molecule is CN1CCC(c2ccccc2)(c2nc(-c3cccs3)no2)CC1. The Kier molecular flexibility index (Phi) is 3.75. The predicted octanol–water partition coefficient (Wildman–Crippen LogP) is 3.81. The van der Waals surface area contributed by atoms with Crippen molar-refractivity contribution in [1.82, 2.24) is 15.0 Å². The smallest absolute Gasteiger partial charge is 0.237 e. The van der Waals surface area contributed by atoms with Gasteiger partial charge in [0, 0.05) is 0 Å². The van der Waals surface area contributed by atoms with Crippen LogP contribution in [-0.4, -0.2) is 35.2 Å². The lowest BCUT2D eigenvalue weighted by atomic mass is 9.72. The highest BCUT2D eigenvalue weighted by Crippen LogP contribution is 2.41. The zero-order valence-corrected chi connectivity index (χ0v) is 13.9. The van der Waals surface area contributed by atoms with Crippen molar-refractivity contribution in [1.29, 1.82) is 0 Å². The Balaban J connectivity index is 1.77. The van der Waals surface area contributed by atoms with E-state index in [9.17, 15) is 0 Å². The molecule has 5 heteroatoms. The van der Waals surface area contributed by atoms with Crippen LogP contribution in [0.5, 0.6) is 0 Å². The summed E-state index contributed by atoms with van der Waals surface area (Å²) in [5.74, 6) is 1.45. The first-order valence-electron chi connectivity index (χ1n) is 7.90. The van der Waals surface area contributed by atoms with Gasteiger partial charge < -0.3 is 9.42 Å². The van der Waals surface area contributed by atoms with Gasteiger partial charge in [-0.1, -0.05) is 41.6 Å². The van der Waals surface area contributed by atoms with Crippen LogP contribution < -0.4 is 0 Å². The van der Waals surface area contributed by atoms with Gasteiger partial charge in [0.25, 0.3) is 0 Å². The molecule has 0 saturated carbocycles. The van der Waals surface area contributed by atoms with Crippen LogP contribution >= 0.6 is 11.3 Å². The molecule has 1 aliphatic heterocycles. The topological polar surface area (TPSA) is 42.2 Å². The van der Waals surface area contributed by atoms with Crippen molar-refractivity contribution in [2.75, 3.05) is 20.1 Å². The van der Waals surface area contributed by atoms with Crippen molar-refractivity contribution < 1.29 is 4.52 Å². The average Bonchev–Trinajstić information content (AvgIpc) is 3.28. The number of benzene rings is 1. The minimum atomic E-state index is -0.170. The van der Waals surface area contributed by atoms with Crippen LogP contribution in [0.25, 0.3) is 10.7 Å². The number of thiophene rings is 1. The third kappa shape index (κ3) is 2.60. The van der Waals surface area contributed by atoms with Crippen molar-refractivity contribution >= 4 is 11.3 Å². The summed E-state index contributed by atoms with van der Waals surface area (Å²) in [6.45, 7) is 2.07. The summed E-state index contributed by atoms with van der Waals surface area (Å²) in [5.41, 5.74) is 1.10. The summed E-state index contributed by atoms with van der Waals surface area (Å²) >= 11 is 1.64. The Morgan fingerprint density at radius 3 is 2.57 bits per heavy atom. The first kappa shape index (κ1) is 14.6. The fraction of sp³-hybridized carbons (Fsp3) is 0.333. The second-order valence-electron chi connectivity index (χ2n) is 6.15. The molecule has 0 spiro atoms. The van der Waals surface area contributed by atoms with Crippen LogP contribution in [0.15, 0.2) is 52.4 Å². The third-order valence-corrected chi connectivity index (χ3v) is 5.61. The van der Waals surface area contributed by atoms with E-state index in [4.69, 9.17) is 9.51 Å². The maximum Gasteiger partial charge on any atom is 0.237 e. The lowest BCUT2D eigenvalue weighted by Crippen LogP contribution is -2.41. The van der Waals surface area contributed by atoms with Gasteiger partial charge in [0.05, 0.1) is 10.3 Å². The summed E-state index contributed by atoms with van der Waals surface area (Å²) in [7, 11) is 2.17. The number of nitrogens with zero attached hydrogens (tertiary/aromatic N) is 3. The molecule has 0 amide bonds. The van der Waals surface area contributed by atoms with E-state index in [1.54, 1.807) is 11.3 Å². The van der Waals surface area contributed by atoms with E-state index in [0.717, 1.165) is 36.7 Å². The van der Waals surface area contributed by atoms with Crippen LogP contribution in [0.2, 0.25) is 0 Å². The van der Waals surface area contributed by atoms with Crippen LogP contribution in [0.1, 0.15) is 24.3 Å². The second kappa shape index (κ2) is 5.91. The Morgan fingerprint density at radius 1 is 1.09 bits per heavy atom. The number of rotatable bonds is 3. The quantitative estimate of drug-likeness (QED) is 0.734. The van der Waals surface area contributed by atoms with E-state index in [-0.39, 0.29) is 5.41 Å². The van der Waals surface area contributed by atoms with Crippen molar-refractivity contribution in [2.45, 2.75) is 18.3 Å². The Labute approximate surface area is 139 Å². The molecule has 0 bridgehead atoms. The van der Waals surface area contributed by atoms with Crippen LogP contribution in [0.4, 0.5) is 0 Å². The molecule has 1 saturated heterocycles. The standard InChI is InChI=1S/C18H19N3OS/c1-21-11-9-18(10-12-21,14-6-3-2-4-7-14)17-19-16(20-22-17)15-8-5-13-23-15/h2-8,13H,9-12H2,1H3. The fourth-order valence-corrected chi connectivity index (χ4v) is 3.96. The number of hydrogen-bond donors (Lipinski definition) is 0. The first-order chi connectivity index (χ1) is 11.3. The molecule has 3 heterocycles. The normalized spacial score (nSPS) is 18.1. The average molecular weight is 325 g/mol. The van der Waals surface area contributed by atoms with Crippen molar-refractivity contribution in [3.8, 4) is 10.7 Å². The van der Waals surface area contributed by atoms with Gasteiger partial charge in [-0.25, -0.2) is 0 Å². The molecule has 0 unspecified atom stereocenters. The molecule has 0 aliphatic carbocycles. The van der Waals surface area contributed by atoms with Crippen molar-refractivity contribution in [3.05, 3.63) is 59.3 Å². The van der Waals surface area contributed by atoms with E-state index in [0.29, 0.717) is 5.82 Å². The van der Waals surface area contributed by atoms with Gasteiger partial charge in [-0.15, -0.1) is 11.3 Å². The minimum absolute atomic E-state index is 0.170. The van der Waals surface area contributed by atoms with Gasteiger partial charge in [0.1, 0.15) is 0 Å². The molecule has 0 radical (unpaired) electrons. The molecule has 0 atom stereocenters. The Bertz CT molecular complexity index is 759. The molecule has 4 nitrogen and oxygen atoms in total. The molecular formula is C18H19N3OS. The van der Waals surface area contributed by atoms with Crippen molar-refractivity contribution in [2.24, 2.45) is 0 Å². The van der Waals surface area contributed by atoms with Crippen LogP contribution in [-0.2, 0) is 5.41 Å². The first-order valence-corrected chi connectivity index (χ1v) is 8.78. The van der Waals surface area contributed by atoms with Crippen LogP contribution in [0, 0.1) is 0 Å². The number of likely N-dealkylation sites (tertiary alicyclic amines) is 1. The maximum absolute atomic E-state index is 5.75. The summed E-state index contributed by atoms with van der Waals surface area (Å²) in [6.07, 6.45) is 2.00. The molecule has 4 rings (SSSR count). The zero-order valence-electron chi connectivity index (χ0n) is 13.1. The van der Waals surface area contributed by atoms with Gasteiger partial charge in [-0.05, 0) is 50.0 Å². The van der Waals surface area contributed by atoms with Gasteiger partial charge in [0.15, 0.2) is 0 Å². The Hall–Kier alpha value is -1.98. The molecular weight excluding hydrogens is 306 g/mol. The fourth-order valence-electron chi connectivity index (χ4n) is 3.31. The molecule has 23 heavy (non-hydrogen) atoms. The highest BCUT2D eigenvalue weighted by molar-refractivity contribution is 7.13. The molecule has 1 aliphatic rings. The van der Waals surface area contributed by atoms with E-state index >= 15 is 0 Å². The van der Waals surface area contributed by atoms with Gasteiger partial charge >= 0.3 is 0 Å². The van der Waals surface area contributed by atoms with Gasteiger partial charge in [0.2, 0.25) is 11.7 Å². The number of aromatic nitrogens is 2. The largest absolute Gasteiger partial charge is 0.338 e. The van der Waals surface area contributed by atoms with Crippen LogP contribution in [0.3, 0.4) is 0 Å². The van der Waals surface area contributed by atoms with E-state index in [1.807, 2.05) is 17.5 Å². The highest BCUT2D eigenvalue weighted by Gasteiger charge is 2.42. The summed E-state index contributed by atoms with van der Waals surface area (Å²) in [4.78, 5) is 8.17. The third-order valence-electron chi connectivity index (χ3n) is 4.74. The van der Waals surface area contributed by atoms with E-state index in [1.165, 1.54) is 5.56 Å². The zero-order chi connectivity index (χ0) is 15.7. The van der Waals surface area contributed by atoms with Gasteiger partial charge in [-0.3, -0.25) is 0 Å². The highest BCUT2D eigenvalue weighted by atomic mass is 32.1. The molecule has 1 fully saturated rings. The summed E-state index contributed by atoms with van der Waals surface area (Å²) < 4.78 is 5.75. The monoisotopic (exact) mass is 325 g/mol. The Morgan fingerprint density at radius 2 is 1.87 bits per heavy atom. The maximum atomic E-state index is 5.75. The summed E-state index contributed by atoms with van der Waals surface area (Å²) in [6, 6.07) is 14.6. The summed E-state index contributed by atoms with van der Waals surface area (Å²) in [5, 5.41) is 6.27. The van der Waals surface area contributed by atoms with Gasteiger partial charge in [-0.2, -0.15) is 4.98 Å². The molecule has 118 valence electrons. The predicted molar refractivity (Wildman–Crippen MR) is 91.6 cm³/mol. The molecule has 1 aromatic carbocycles. The lowest BCUT2D eigenvalue weighted by molar-refractivity contribution is 0.179. The number of hydrogen-bond acceptors (Lipinski definition) is 5. The molecule has 3 aromatic rings. The second-order valence-corrected chi connectivity index (χ2v) is 7.10. The van der Waals surface area contributed by atoms with Crippen molar-refractivity contribution in [3.63, 3.8) is 0 Å². The van der Waals surface area contributed by atoms with E-state index < -0.39 is 0 Å².